The van der Waals surface area contributed by atoms with E-state index in [1.54, 1.807) is 24.5 Å². The number of ether oxygens (including phenoxy) is 1. The summed E-state index contributed by atoms with van der Waals surface area (Å²) in [4.78, 5) is 15.6. The lowest BCUT2D eigenvalue weighted by atomic mass is 10.3. The van der Waals surface area contributed by atoms with Crippen molar-refractivity contribution >= 4 is 21.6 Å². The molecule has 5 nitrogen and oxygen atoms in total. The van der Waals surface area contributed by atoms with Crippen LogP contribution in [0.5, 0.6) is 11.6 Å². The van der Waals surface area contributed by atoms with Crippen LogP contribution in [0.3, 0.4) is 0 Å². The van der Waals surface area contributed by atoms with Crippen LogP contribution in [0.1, 0.15) is 5.01 Å². The summed E-state index contributed by atoms with van der Waals surface area (Å²) in [6.07, 6.45) is 0. The molecule has 3 rings (SSSR count). The van der Waals surface area contributed by atoms with Crippen LogP contribution in [0, 0.1) is 6.92 Å². The van der Waals surface area contributed by atoms with Gasteiger partial charge in [-0.3, -0.25) is 4.79 Å². The molecule has 96 valence electrons. The van der Waals surface area contributed by atoms with Gasteiger partial charge in [0.1, 0.15) is 5.75 Å². The van der Waals surface area contributed by atoms with Gasteiger partial charge in [-0.25, -0.2) is 9.67 Å². The van der Waals surface area contributed by atoms with Gasteiger partial charge in [0.25, 0.3) is 5.56 Å². The Morgan fingerprint density at radius 3 is 2.89 bits per heavy atom. The maximum Gasteiger partial charge on any atom is 0.266 e. The van der Waals surface area contributed by atoms with Gasteiger partial charge in [0, 0.05) is 25.2 Å². The molecule has 0 spiro atoms. The minimum Gasteiger partial charge on any atom is -0.438 e. The average Bonchev–Trinajstić information content (AvgIpc) is 2.73. The summed E-state index contributed by atoms with van der Waals surface area (Å²) in [7, 11) is 1.59. The summed E-state index contributed by atoms with van der Waals surface area (Å²) in [5.74, 6) is 1.04. The Morgan fingerprint density at radius 1 is 1.26 bits per heavy atom. The number of thiazole rings is 1. The summed E-state index contributed by atoms with van der Waals surface area (Å²) >= 11 is 1.64. The van der Waals surface area contributed by atoms with Crippen LogP contribution in [0.4, 0.5) is 0 Å². The van der Waals surface area contributed by atoms with Crippen molar-refractivity contribution < 1.29 is 4.74 Å². The molecule has 2 aromatic heterocycles. The molecular formula is C13H11N3O2S. The zero-order valence-electron chi connectivity index (χ0n) is 10.5. The third kappa shape index (κ3) is 2.34. The third-order valence-corrected chi connectivity index (χ3v) is 3.58. The Hall–Kier alpha value is -2.21. The van der Waals surface area contributed by atoms with Crippen molar-refractivity contribution in [3.8, 4) is 11.6 Å². The van der Waals surface area contributed by atoms with Gasteiger partial charge in [-0.05, 0) is 19.1 Å². The molecule has 0 radical (unpaired) electrons. The van der Waals surface area contributed by atoms with Gasteiger partial charge in [-0.2, -0.15) is 0 Å². The Morgan fingerprint density at radius 2 is 2.11 bits per heavy atom. The molecule has 1 aromatic carbocycles. The van der Waals surface area contributed by atoms with E-state index in [0.717, 1.165) is 15.2 Å². The van der Waals surface area contributed by atoms with Crippen LogP contribution in [0.25, 0.3) is 10.2 Å². The van der Waals surface area contributed by atoms with E-state index in [4.69, 9.17) is 4.74 Å². The number of hydrogen-bond donors (Lipinski definition) is 0. The lowest BCUT2D eigenvalue weighted by Gasteiger charge is -2.05. The molecule has 19 heavy (non-hydrogen) atoms. The number of nitrogens with zero attached hydrogens (tertiary/aromatic N) is 3. The lowest BCUT2D eigenvalue weighted by Crippen LogP contribution is -2.17. The van der Waals surface area contributed by atoms with Crippen molar-refractivity contribution in [2.45, 2.75) is 6.92 Å². The molecule has 0 aliphatic carbocycles. The monoisotopic (exact) mass is 273 g/mol. The van der Waals surface area contributed by atoms with Gasteiger partial charge < -0.3 is 4.74 Å². The van der Waals surface area contributed by atoms with E-state index in [2.05, 4.69) is 10.1 Å². The molecule has 0 unspecified atom stereocenters. The first kappa shape index (κ1) is 11.9. The Balaban J connectivity index is 1.95. The number of benzene rings is 1. The van der Waals surface area contributed by atoms with E-state index in [-0.39, 0.29) is 5.56 Å². The van der Waals surface area contributed by atoms with Gasteiger partial charge >= 0.3 is 0 Å². The first-order chi connectivity index (χ1) is 9.11. The number of rotatable bonds is 2. The lowest BCUT2D eigenvalue weighted by molar-refractivity contribution is 0.441. The molecule has 6 heteroatoms. The molecule has 2 heterocycles. The second-order valence-electron chi connectivity index (χ2n) is 4.10. The van der Waals surface area contributed by atoms with E-state index in [9.17, 15) is 4.79 Å². The number of aromatic nitrogens is 3. The second-order valence-corrected chi connectivity index (χ2v) is 5.33. The van der Waals surface area contributed by atoms with Crippen molar-refractivity contribution in [3.05, 3.63) is 45.7 Å². The molecule has 3 aromatic rings. The van der Waals surface area contributed by atoms with Gasteiger partial charge in [0.2, 0.25) is 5.88 Å². The van der Waals surface area contributed by atoms with Crippen LogP contribution in [0.2, 0.25) is 0 Å². The summed E-state index contributed by atoms with van der Waals surface area (Å²) in [6, 6.07) is 8.68. The van der Waals surface area contributed by atoms with E-state index >= 15 is 0 Å². The van der Waals surface area contributed by atoms with E-state index in [1.165, 1.54) is 10.7 Å². The fourth-order valence-corrected chi connectivity index (χ4v) is 2.55. The van der Waals surface area contributed by atoms with Gasteiger partial charge in [0.15, 0.2) is 0 Å². The standard InChI is InChI=1S/C13H11N3O2S/c1-8-14-10-7-9(3-4-11(10)19-8)18-12-5-6-13(17)16(2)15-12/h3-7H,1-2H3. The van der Waals surface area contributed by atoms with Crippen molar-refractivity contribution in [1.29, 1.82) is 0 Å². The first-order valence-corrected chi connectivity index (χ1v) is 6.53. The zero-order valence-corrected chi connectivity index (χ0v) is 11.3. The molecule has 0 N–H and O–H groups in total. The molecule has 0 saturated heterocycles. The fraction of sp³-hybridized carbons (Fsp3) is 0.154. The van der Waals surface area contributed by atoms with Crippen molar-refractivity contribution in [1.82, 2.24) is 14.8 Å². The number of hydrogen-bond acceptors (Lipinski definition) is 5. The largest absolute Gasteiger partial charge is 0.438 e. The summed E-state index contributed by atoms with van der Waals surface area (Å²) in [5, 5.41) is 5.04. The smallest absolute Gasteiger partial charge is 0.266 e. The first-order valence-electron chi connectivity index (χ1n) is 5.71. The molecule has 0 amide bonds. The molecular weight excluding hydrogens is 262 g/mol. The highest BCUT2D eigenvalue weighted by Gasteiger charge is 2.04. The molecule has 0 atom stereocenters. The topological polar surface area (TPSA) is 57.0 Å². The van der Waals surface area contributed by atoms with Gasteiger partial charge in [-0.15, -0.1) is 16.4 Å². The van der Waals surface area contributed by atoms with Crippen molar-refractivity contribution in [2.75, 3.05) is 0 Å². The highest BCUT2D eigenvalue weighted by Crippen LogP contribution is 2.27. The quantitative estimate of drug-likeness (QED) is 0.720. The van der Waals surface area contributed by atoms with Crippen molar-refractivity contribution in [3.63, 3.8) is 0 Å². The summed E-state index contributed by atoms with van der Waals surface area (Å²) < 4.78 is 7.99. The second kappa shape index (κ2) is 4.47. The molecule has 0 aliphatic heterocycles. The Bertz CT molecular complexity index is 807. The van der Waals surface area contributed by atoms with E-state index < -0.39 is 0 Å². The van der Waals surface area contributed by atoms with Gasteiger partial charge in [-0.1, -0.05) is 0 Å². The summed E-state index contributed by atoms with van der Waals surface area (Å²) in [5.41, 5.74) is 0.739. The molecule has 0 fully saturated rings. The van der Waals surface area contributed by atoms with Gasteiger partial charge in [0.05, 0.1) is 15.2 Å². The van der Waals surface area contributed by atoms with Crippen LogP contribution >= 0.6 is 11.3 Å². The molecule has 0 aliphatic rings. The SMILES string of the molecule is Cc1nc2cc(Oc3ccc(=O)n(C)n3)ccc2s1. The minimum absolute atomic E-state index is 0.169. The zero-order chi connectivity index (χ0) is 13.4. The Labute approximate surface area is 113 Å². The number of fused-ring (bicyclic) bond motifs is 1. The minimum atomic E-state index is -0.169. The van der Waals surface area contributed by atoms with Crippen LogP contribution in [-0.4, -0.2) is 14.8 Å². The number of aryl methyl sites for hydroxylation is 2. The Kier molecular flexibility index (Phi) is 2.79. The fourth-order valence-electron chi connectivity index (χ4n) is 1.74. The highest BCUT2D eigenvalue weighted by atomic mass is 32.1. The average molecular weight is 273 g/mol. The third-order valence-electron chi connectivity index (χ3n) is 2.62. The molecule has 0 saturated carbocycles. The van der Waals surface area contributed by atoms with Crippen LogP contribution in [-0.2, 0) is 7.05 Å². The van der Waals surface area contributed by atoms with E-state index in [0.29, 0.717) is 11.6 Å². The highest BCUT2D eigenvalue weighted by molar-refractivity contribution is 7.18. The molecule has 0 bridgehead atoms. The predicted molar refractivity (Wildman–Crippen MR) is 73.9 cm³/mol. The van der Waals surface area contributed by atoms with Crippen LogP contribution < -0.4 is 10.3 Å². The normalized spacial score (nSPS) is 10.8. The maximum atomic E-state index is 11.2. The van der Waals surface area contributed by atoms with Crippen LogP contribution in [0.15, 0.2) is 35.1 Å². The maximum absolute atomic E-state index is 11.2. The summed E-state index contributed by atoms with van der Waals surface area (Å²) in [6.45, 7) is 1.97. The van der Waals surface area contributed by atoms with E-state index in [1.807, 2.05) is 25.1 Å². The predicted octanol–water partition coefficient (Wildman–Crippen LogP) is 2.49. The van der Waals surface area contributed by atoms with Crippen molar-refractivity contribution in [2.24, 2.45) is 7.05 Å².